The largest absolute Gasteiger partial charge is 0.478 e. The van der Waals surface area contributed by atoms with Gasteiger partial charge in [0.2, 0.25) is 5.91 Å². The molecule has 0 saturated carbocycles. The number of primary amides is 1. The smallest absolute Gasteiger partial charge is 0.337 e. The highest BCUT2D eigenvalue weighted by molar-refractivity contribution is 5.92. The Morgan fingerprint density at radius 1 is 1.00 bits per heavy atom. The second kappa shape index (κ2) is 10.5. The number of aromatic amines is 2. The van der Waals surface area contributed by atoms with E-state index in [4.69, 9.17) is 15.6 Å². The van der Waals surface area contributed by atoms with Gasteiger partial charge in [-0.25, -0.2) is 4.79 Å². The summed E-state index contributed by atoms with van der Waals surface area (Å²) in [4.78, 5) is 65.0. The summed E-state index contributed by atoms with van der Waals surface area (Å²) in [6.07, 6.45) is 1.93. The van der Waals surface area contributed by atoms with Gasteiger partial charge in [0.25, 0.3) is 1.45 Å². The van der Waals surface area contributed by atoms with Crippen LogP contribution >= 0.6 is 0 Å². The lowest BCUT2D eigenvalue weighted by Crippen LogP contribution is -2.17. The molecule has 152 valence electrons. The molecule has 0 saturated heterocycles. The van der Waals surface area contributed by atoms with Crippen LogP contribution in [0.25, 0.3) is 0 Å². The zero-order valence-corrected chi connectivity index (χ0v) is 12.9. The molecule has 0 fully saturated rings. The van der Waals surface area contributed by atoms with Crippen molar-refractivity contribution in [2.24, 2.45) is 5.73 Å². The summed E-state index contributed by atoms with van der Waals surface area (Å²) in [5.41, 5.74) is 1.15. The Hall–Kier alpha value is -4.43. The van der Waals surface area contributed by atoms with E-state index in [0.29, 0.717) is 6.07 Å². The summed E-state index contributed by atoms with van der Waals surface area (Å²) < 4.78 is 13.0. The second-order valence-corrected chi connectivity index (χ2v) is 4.39. The third-order valence-electron chi connectivity index (χ3n) is 2.69. The van der Waals surface area contributed by atoms with E-state index in [1.165, 1.54) is 0 Å². The summed E-state index contributed by atoms with van der Waals surface area (Å²) in [5, 5.41) is 28.9. The van der Waals surface area contributed by atoms with Gasteiger partial charge < -0.3 is 20.8 Å². The Morgan fingerprint density at radius 3 is 1.68 bits per heavy atom. The molecule has 2 heterocycles. The number of carbonyl (C=O) groups is 2. The van der Waals surface area contributed by atoms with E-state index < -0.39 is 44.2 Å². The first-order valence-corrected chi connectivity index (χ1v) is 6.32. The van der Waals surface area contributed by atoms with Crippen molar-refractivity contribution >= 4 is 23.3 Å². The topological polar surface area (TPSA) is 232 Å². The number of nitrogens with zero attached hydrogens (tertiary/aromatic N) is 2. The van der Waals surface area contributed by atoms with E-state index in [9.17, 15) is 39.4 Å². The highest BCUT2D eigenvalue weighted by Gasteiger charge is 2.15. The quantitative estimate of drug-likeness (QED) is 0.400. The summed E-state index contributed by atoms with van der Waals surface area (Å²) in [6, 6.07) is 1.54. The minimum absolute atomic E-state index is 0. The molecule has 5 N–H and O–H groups in total. The number of hydrogen-bond acceptors (Lipinski definition) is 8. The molecule has 0 atom stereocenters. The van der Waals surface area contributed by atoms with Gasteiger partial charge in [-0.05, 0) is 0 Å². The molecule has 0 aliphatic heterocycles. The number of H-pyrrole nitrogens is 2. The fourth-order valence-electron chi connectivity index (χ4n) is 1.48. The van der Waals surface area contributed by atoms with Gasteiger partial charge in [0.1, 0.15) is 0 Å². The predicted molar refractivity (Wildman–Crippen MR) is 92.1 cm³/mol. The van der Waals surface area contributed by atoms with E-state index >= 15 is 0 Å². The minimum Gasteiger partial charge on any atom is -0.478 e. The summed E-state index contributed by atoms with van der Waals surface area (Å²) in [6.45, 7) is 0. The Balaban J connectivity index is 0. The third kappa shape index (κ3) is 6.47. The van der Waals surface area contributed by atoms with Crippen molar-refractivity contribution in [1.29, 1.82) is 1.45 Å². The van der Waals surface area contributed by atoms with Gasteiger partial charge in [0, 0.05) is 24.5 Å². The SMILES string of the molecule is C.NC(=O)c1c[nH]c(=O)c([N+](=O)[O-])c1.O=C(O)c1c[nH]c(=O)c([N+](=O)[O-])c1.[2H]F. The lowest BCUT2D eigenvalue weighted by molar-refractivity contribution is -0.386. The maximum atomic E-state index is 10.8. The molecule has 15 heteroatoms. The van der Waals surface area contributed by atoms with Crippen LogP contribution in [0.5, 0.6) is 0 Å². The van der Waals surface area contributed by atoms with E-state index in [2.05, 4.69) is 1.45 Å². The average molecular weight is 404 g/mol. The minimum atomic E-state index is -1.33. The monoisotopic (exact) mass is 404 g/mol. The number of carbonyl (C=O) groups excluding carboxylic acids is 1. The molecule has 2 aromatic heterocycles. The van der Waals surface area contributed by atoms with Crippen molar-refractivity contribution in [1.82, 2.24) is 9.97 Å². The maximum Gasteiger partial charge on any atom is 0.337 e. The first-order chi connectivity index (χ1) is 13.0. The number of aromatic nitrogens is 2. The van der Waals surface area contributed by atoms with Crippen LogP contribution in [0.2, 0.25) is 0 Å². The van der Waals surface area contributed by atoms with E-state index in [0.717, 1.165) is 18.5 Å². The van der Waals surface area contributed by atoms with Crippen molar-refractivity contribution in [3.8, 4) is 0 Å². The van der Waals surface area contributed by atoms with Crippen LogP contribution < -0.4 is 16.9 Å². The Morgan fingerprint density at radius 2 is 1.36 bits per heavy atom. The molecule has 0 bridgehead atoms. The number of rotatable bonds is 4. The molecule has 0 radical (unpaired) electrons. The number of nitro groups is 2. The first-order valence-electron chi connectivity index (χ1n) is 6.69. The van der Waals surface area contributed by atoms with Crippen LogP contribution in [0.4, 0.5) is 16.1 Å². The van der Waals surface area contributed by atoms with Gasteiger partial charge in [0.05, 0.1) is 21.0 Å². The number of amides is 1. The highest BCUT2D eigenvalue weighted by Crippen LogP contribution is 2.06. The lowest BCUT2D eigenvalue weighted by Gasteiger charge is -1.93. The number of halogens is 1. The van der Waals surface area contributed by atoms with Crippen molar-refractivity contribution in [2.75, 3.05) is 0 Å². The van der Waals surface area contributed by atoms with Crippen molar-refractivity contribution < 1.29 is 29.3 Å². The summed E-state index contributed by atoms with van der Waals surface area (Å²) >= 11 is 0. The molecular formula is C13H14FN5O9. The van der Waals surface area contributed by atoms with Crippen LogP contribution in [0, 0.1) is 20.2 Å². The summed E-state index contributed by atoms with van der Waals surface area (Å²) in [5.74, 6) is -2.17. The number of aromatic carboxylic acids is 1. The van der Waals surface area contributed by atoms with Crippen LogP contribution in [0.1, 0.15) is 28.1 Å². The van der Waals surface area contributed by atoms with Crippen molar-refractivity contribution in [3.63, 3.8) is 0 Å². The number of hydrogen-bond donors (Lipinski definition) is 4. The number of nitrogens with two attached hydrogens (primary N) is 1. The molecule has 0 aliphatic carbocycles. The zero-order valence-electron chi connectivity index (χ0n) is 13.9. The first kappa shape index (κ1) is 23.6. The molecule has 28 heavy (non-hydrogen) atoms. The van der Waals surface area contributed by atoms with Gasteiger partial charge in [-0.2, -0.15) is 0 Å². The summed E-state index contributed by atoms with van der Waals surface area (Å²) in [7, 11) is 0. The number of nitrogens with one attached hydrogen (secondary N) is 2. The average Bonchev–Trinajstić information content (AvgIpc) is 2.63. The molecule has 14 nitrogen and oxygen atoms in total. The van der Waals surface area contributed by atoms with Crippen molar-refractivity contribution in [2.45, 2.75) is 7.43 Å². The second-order valence-electron chi connectivity index (χ2n) is 4.39. The van der Waals surface area contributed by atoms with Crippen LogP contribution in [0.15, 0.2) is 34.1 Å². The maximum absolute atomic E-state index is 10.8. The van der Waals surface area contributed by atoms with Crippen LogP contribution in [0.3, 0.4) is 0 Å². The van der Waals surface area contributed by atoms with Gasteiger partial charge in [-0.3, -0.25) is 39.3 Å². The van der Waals surface area contributed by atoms with Gasteiger partial charge in [0.15, 0.2) is 0 Å². The fourth-order valence-corrected chi connectivity index (χ4v) is 1.48. The Kier molecular flexibility index (Phi) is 8.87. The van der Waals surface area contributed by atoms with Crippen molar-refractivity contribution in [3.05, 3.63) is 76.6 Å². The van der Waals surface area contributed by atoms with E-state index in [1.807, 2.05) is 9.97 Å². The van der Waals surface area contributed by atoms with E-state index in [-0.39, 0.29) is 18.6 Å². The number of carboxylic acid groups (broad SMARTS) is 1. The Labute approximate surface area is 154 Å². The number of carboxylic acids is 1. The molecule has 0 unspecified atom stereocenters. The molecule has 2 aromatic rings. The number of pyridine rings is 2. The van der Waals surface area contributed by atoms with Crippen LogP contribution in [-0.2, 0) is 0 Å². The van der Waals surface area contributed by atoms with Gasteiger partial charge >= 0.3 is 28.5 Å². The Bertz CT molecular complexity index is 939. The fraction of sp³-hybridized carbons (Fsp3) is 0.0769. The molecule has 2 rings (SSSR count). The molecule has 0 spiro atoms. The third-order valence-corrected chi connectivity index (χ3v) is 2.69. The lowest BCUT2D eigenvalue weighted by atomic mass is 10.2. The standard InChI is InChI=1S/C6H5N3O4.C6H4N2O5.CH4.FH/c7-5(10)3-1-4(9(12)13)6(11)8-2-3;9-5-4(8(12)13)1-3(2-7-5)6(10)11;;/h1-2H,(H2,7,10)(H,8,11);1-2H,(H,7,9)(H,10,11);1H4;1H/i/hD. The van der Waals surface area contributed by atoms with Gasteiger partial charge in [-0.1, -0.05) is 7.43 Å². The normalized spacial score (nSPS) is 9.11. The predicted octanol–water partition coefficient (Wildman–Crippen LogP) is 0.152. The molecule has 0 aromatic carbocycles. The molecule has 1 amide bonds. The van der Waals surface area contributed by atoms with E-state index in [1.54, 1.807) is 0 Å². The van der Waals surface area contributed by atoms with Gasteiger partial charge in [-0.15, -0.1) is 0 Å². The zero-order chi connectivity index (χ0) is 22.0. The highest BCUT2D eigenvalue weighted by atomic mass is 19.0. The molecular weight excluding hydrogens is 389 g/mol. The van der Waals surface area contributed by atoms with Crippen LogP contribution in [-0.4, -0.2) is 38.2 Å². The molecule has 0 aliphatic rings.